The van der Waals surface area contributed by atoms with Crippen LogP contribution >= 0.6 is 0 Å². The van der Waals surface area contributed by atoms with Crippen molar-refractivity contribution in [2.45, 2.75) is 0 Å². The molecule has 1 heterocycles. The maximum atomic E-state index is 11.7. The number of nitrogens with one attached hydrogen (secondary N) is 1. The summed E-state index contributed by atoms with van der Waals surface area (Å²) in [6.45, 7) is 0. The summed E-state index contributed by atoms with van der Waals surface area (Å²) < 4.78 is 5.13. The third-order valence-corrected chi connectivity index (χ3v) is 2.51. The fraction of sp³-hybridized carbons (Fsp3) is 0.167. The molecule has 0 atom stereocenters. The monoisotopic (exact) mass is 232 g/mol. The largest absolute Gasteiger partial charge is 0.507 e. The van der Waals surface area contributed by atoms with Crippen LogP contribution in [0.2, 0.25) is 0 Å². The quantitative estimate of drug-likeness (QED) is 0.818. The molecule has 0 unspecified atom stereocenters. The summed E-state index contributed by atoms with van der Waals surface area (Å²) in [6.07, 6.45) is 1.50. The number of methoxy groups -OCH3 is 1. The number of amides is 1. The number of aromatic nitrogens is 1. The van der Waals surface area contributed by atoms with Crippen LogP contribution in [0.4, 0.5) is 0 Å². The second-order valence-corrected chi connectivity index (χ2v) is 3.48. The van der Waals surface area contributed by atoms with E-state index in [-0.39, 0.29) is 11.7 Å². The van der Waals surface area contributed by atoms with Crippen LogP contribution in [0.25, 0.3) is 10.9 Å². The van der Waals surface area contributed by atoms with Gasteiger partial charge < -0.3 is 15.2 Å². The molecule has 1 aromatic carbocycles. The van der Waals surface area contributed by atoms with E-state index in [0.717, 1.165) is 0 Å². The van der Waals surface area contributed by atoms with Gasteiger partial charge in [-0.05, 0) is 12.1 Å². The minimum Gasteiger partial charge on any atom is -0.507 e. The normalized spacial score (nSPS) is 10.2. The molecule has 2 aromatic rings. The Kier molecular flexibility index (Phi) is 2.82. The van der Waals surface area contributed by atoms with E-state index in [1.807, 2.05) is 0 Å². The number of carbonyl (C=O) groups excluding carboxylic acids is 1. The highest BCUT2D eigenvalue weighted by atomic mass is 16.5. The molecule has 1 aromatic heterocycles. The molecule has 2 rings (SSSR count). The number of aromatic hydroxyl groups is 1. The number of carbonyl (C=O) groups is 1. The summed E-state index contributed by atoms with van der Waals surface area (Å²) in [6, 6.07) is 4.66. The van der Waals surface area contributed by atoms with E-state index in [9.17, 15) is 9.90 Å². The molecule has 0 aliphatic rings. The van der Waals surface area contributed by atoms with Crippen molar-refractivity contribution in [1.82, 2.24) is 10.3 Å². The van der Waals surface area contributed by atoms with E-state index in [1.54, 1.807) is 12.1 Å². The molecule has 5 nitrogen and oxygen atoms in total. The molecule has 0 radical (unpaired) electrons. The van der Waals surface area contributed by atoms with Crippen LogP contribution in [0, 0.1) is 0 Å². The highest BCUT2D eigenvalue weighted by molar-refractivity contribution is 6.01. The number of fused-ring (bicyclic) bond motifs is 1. The molecule has 88 valence electrons. The summed E-state index contributed by atoms with van der Waals surface area (Å²) in [5.74, 6) is 0.241. The summed E-state index contributed by atoms with van der Waals surface area (Å²) in [4.78, 5) is 15.8. The average Bonchev–Trinajstić information content (AvgIpc) is 2.37. The van der Waals surface area contributed by atoms with Gasteiger partial charge in [0.2, 0.25) is 0 Å². The first kappa shape index (κ1) is 11.2. The Labute approximate surface area is 98.0 Å². The smallest absolute Gasteiger partial charge is 0.254 e. The summed E-state index contributed by atoms with van der Waals surface area (Å²) in [7, 11) is 3.02. The molecule has 5 heteroatoms. The van der Waals surface area contributed by atoms with Crippen LogP contribution in [0.1, 0.15) is 10.4 Å². The summed E-state index contributed by atoms with van der Waals surface area (Å²) in [5, 5.41) is 12.7. The zero-order chi connectivity index (χ0) is 12.4. The van der Waals surface area contributed by atoms with Crippen molar-refractivity contribution < 1.29 is 14.6 Å². The Bertz CT molecular complexity index is 581. The number of rotatable bonds is 2. The maximum Gasteiger partial charge on any atom is 0.254 e. The molecule has 17 heavy (non-hydrogen) atoms. The van der Waals surface area contributed by atoms with Crippen LogP contribution in [0.3, 0.4) is 0 Å². The molecule has 2 N–H and O–H groups in total. The zero-order valence-corrected chi connectivity index (χ0v) is 9.52. The van der Waals surface area contributed by atoms with Gasteiger partial charge in [-0.3, -0.25) is 9.78 Å². The molecule has 0 saturated carbocycles. The van der Waals surface area contributed by atoms with Crippen LogP contribution in [0.5, 0.6) is 11.5 Å². The van der Waals surface area contributed by atoms with Crippen molar-refractivity contribution in [1.29, 1.82) is 0 Å². The van der Waals surface area contributed by atoms with Gasteiger partial charge in [0.1, 0.15) is 11.5 Å². The van der Waals surface area contributed by atoms with E-state index in [2.05, 4.69) is 10.3 Å². The maximum absolute atomic E-state index is 11.7. The third-order valence-electron chi connectivity index (χ3n) is 2.51. The lowest BCUT2D eigenvalue weighted by molar-refractivity contribution is 0.0960. The molecular formula is C12H12N2O3. The van der Waals surface area contributed by atoms with Crippen molar-refractivity contribution in [3.05, 3.63) is 30.0 Å². The van der Waals surface area contributed by atoms with E-state index in [4.69, 9.17) is 4.74 Å². The predicted molar refractivity (Wildman–Crippen MR) is 63.4 cm³/mol. The molecule has 0 aliphatic carbocycles. The number of ether oxygens (including phenoxy) is 1. The van der Waals surface area contributed by atoms with Gasteiger partial charge in [0.15, 0.2) is 0 Å². The number of nitrogens with zero attached hydrogens (tertiary/aromatic N) is 1. The minimum absolute atomic E-state index is 0.0859. The second kappa shape index (κ2) is 4.29. The summed E-state index contributed by atoms with van der Waals surface area (Å²) in [5.41, 5.74) is 0.945. The van der Waals surface area contributed by atoms with E-state index < -0.39 is 0 Å². The SMILES string of the molecule is CNC(=O)c1cc2c(O)ccnc2cc1OC. The minimum atomic E-state index is -0.271. The number of hydrogen-bond donors (Lipinski definition) is 2. The van der Waals surface area contributed by atoms with Crippen molar-refractivity contribution in [3.63, 3.8) is 0 Å². The van der Waals surface area contributed by atoms with Crippen molar-refractivity contribution >= 4 is 16.8 Å². The number of benzene rings is 1. The van der Waals surface area contributed by atoms with Gasteiger partial charge in [-0.1, -0.05) is 0 Å². The lowest BCUT2D eigenvalue weighted by atomic mass is 10.1. The van der Waals surface area contributed by atoms with Crippen LogP contribution < -0.4 is 10.1 Å². The lowest BCUT2D eigenvalue weighted by Crippen LogP contribution is -2.18. The predicted octanol–water partition coefficient (Wildman–Crippen LogP) is 1.31. The molecule has 1 amide bonds. The Morgan fingerprint density at radius 1 is 1.47 bits per heavy atom. The van der Waals surface area contributed by atoms with E-state index in [1.165, 1.54) is 26.4 Å². The molecule has 0 saturated heterocycles. The summed E-state index contributed by atoms with van der Waals surface area (Å²) >= 11 is 0. The zero-order valence-electron chi connectivity index (χ0n) is 9.52. The van der Waals surface area contributed by atoms with E-state index in [0.29, 0.717) is 22.2 Å². The standard InChI is InChI=1S/C12H12N2O3/c1-13-12(16)8-5-7-9(6-11(8)17-2)14-4-3-10(7)15/h3-6H,1-2H3,(H,13,16)(H,14,15). The third kappa shape index (κ3) is 1.87. The Balaban J connectivity index is 2.74. The first-order valence-electron chi connectivity index (χ1n) is 5.05. The first-order chi connectivity index (χ1) is 8.17. The number of hydrogen-bond acceptors (Lipinski definition) is 4. The van der Waals surface area contributed by atoms with Gasteiger partial charge in [0, 0.05) is 24.7 Å². The molecule has 0 fully saturated rings. The fourth-order valence-corrected chi connectivity index (χ4v) is 1.64. The Hall–Kier alpha value is -2.30. The lowest BCUT2D eigenvalue weighted by Gasteiger charge is -2.09. The molecular weight excluding hydrogens is 220 g/mol. The molecule has 0 spiro atoms. The van der Waals surface area contributed by atoms with Crippen LogP contribution in [-0.2, 0) is 0 Å². The topological polar surface area (TPSA) is 71.5 Å². The van der Waals surface area contributed by atoms with Crippen molar-refractivity contribution in [2.24, 2.45) is 0 Å². The van der Waals surface area contributed by atoms with Gasteiger partial charge in [-0.2, -0.15) is 0 Å². The van der Waals surface area contributed by atoms with Crippen molar-refractivity contribution in [2.75, 3.05) is 14.2 Å². The van der Waals surface area contributed by atoms with Gasteiger partial charge in [-0.15, -0.1) is 0 Å². The van der Waals surface area contributed by atoms with Crippen molar-refractivity contribution in [3.8, 4) is 11.5 Å². The van der Waals surface area contributed by atoms with Crippen LogP contribution in [-0.4, -0.2) is 30.2 Å². The number of pyridine rings is 1. The molecule has 0 aliphatic heterocycles. The fourth-order valence-electron chi connectivity index (χ4n) is 1.64. The first-order valence-corrected chi connectivity index (χ1v) is 5.05. The van der Waals surface area contributed by atoms with Gasteiger partial charge in [0.05, 0.1) is 18.2 Å². The second-order valence-electron chi connectivity index (χ2n) is 3.48. The van der Waals surface area contributed by atoms with Crippen LogP contribution in [0.15, 0.2) is 24.4 Å². The highest BCUT2D eigenvalue weighted by Gasteiger charge is 2.14. The van der Waals surface area contributed by atoms with E-state index >= 15 is 0 Å². The molecule has 0 bridgehead atoms. The Morgan fingerprint density at radius 2 is 2.24 bits per heavy atom. The Morgan fingerprint density at radius 3 is 2.88 bits per heavy atom. The highest BCUT2D eigenvalue weighted by Crippen LogP contribution is 2.29. The van der Waals surface area contributed by atoms with Gasteiger partial charge in [0.25, 0.3) is 5.91 Å². The average molecular weight is 232 g/mol. The van der Waals surface area contributed by atoms with Gasteiger partial charge >= 0.3 is 0 Å². The van der Waals surface area contributed by atoms with Gasteiger partial charge in [-0.25, -0.2) is 0 Å².